The molecule has 1 saturated heterocycles. The molecule has 2 aliphatic rings. The summed E-state index contributed by atoms with van der Waals surface area (Å²) in [6.07, 6.45) is 3.42. The number of piperidine rings is 1. The Bertz CT molecular complexity index is 1700. The molecular weight excluding hydrogens is 550 g/mol. The molecule has 2 unspecified atom stereocenters. The van der Waals surface area contributed by atoms with Gasteiger partial charge in [-0.1, -0.05) is 56.3 Å². The van der Waals surface area contributed by atoms with Gasteiger partial charge in [-0.3, -0.25) is 14.4 Å². The van der Waals surface area contributed by atoms with E-state index in [0.717, 1.165) is 66.8 Å². The van der Waals surface area contributed by atoms with E-state index in [4.69, 9.17) is 0 Å². The second kappa shape index (κ2) is 12.7. The summed E-state index contributed by atoms with van der Waals surface area (Å²) in [4.78, 5) is 40.2. The first-order valence-corrected chi connectivity index (χ1v) is 15.8. The average Bonchev–Trinajstić information content (AvgIpc) is 3.05. The fourth-order valence-corrected chi connectivity index (χ4v) is 6.75. The van der Waals surface area contributed by atoms with Gasteiger partial charge in [-0.2, -0.15) is 5.10 Å². The molecule has 0 bridgehead atoms. The maximum atomic E-state index is 13.5. The Hall–Kier alpha value is -4.30. The van der Waals surface area contributed by atoms with Gasteiger partial charge in [0.05, 0.1) is 23.0 Å². The third kappa shape index (κ3) is 5.91. The third-order valence-corrected chi connectivity index (χ3v) is 9.36. The normalized spacial score (nSPS) is 18.4. The monoisotopic (exact) mass is 591 g/mol. The van der Waals surface area contributed by atoms with Gasteiger partial charge in [0, 0.05) is 48.6 Å². The van der Waals surface area contributed by atoms with Crippen LogP contribution in [-0.4, -0.2) is 46.9 Å². The maximum Gasteiger partial charge on any atom is 0.272 e. The largest absolute Gasteiger partial charge is 0.377 e. The highest BCUT2D eigenvalue weighted by atomic mass is 16.2. The van der Waals surface area contributed by atoms with Crippen molar-refractivity contribution in [1.82, 2.24) is 20.4 Å². The first-order chi connectivity index (χ1) is 21.3. The number of benzene rings is 3. The van der Waals surface area contributed by atoms with Crippen molar-refractivity contribution in [3.63, 3.8) is 0 Å². The van der Waals surface area contributed by atoms with E-state index >= 15 is 0 Å². The molecule has 3 N–H and O–H groups in total. The number of hydrogen-bond donors (Lipinski definition) is 3. The van der Waals surface area contributed by atoms with Crippen LogP contribution in [0.3, 0.4) is 0 Å². The molecule has 1 aromatic heterocycles. The minimum absolute atomic E-state index is 0.0431. The highest BCUT2D eigenvalue weighted by molar-refractivity contribution is 5.97. The molecule has 0 saturated carbocycles. The first kappa shape index (κ1) is 29.8. The fourth-order valence-electron chi connectivity index (χ4n) is 6.75. The van der Waals surface area contributed by atoms with Crippen molar-refractivity contribution in [2.24, 2.45) is 11.8 Å². The number of ketones is 1. The molecule has 2 aliphatic heterocycles. The highest BCUT2D eigenvalue weighted by Gasteiger charge is 2.35. The molecule has 228 valence electrons. The predicted molar refractivity (Wildman–Crippen MR) is 174 cm³/mol. The Morgan fingerprint density at radius 2 is 1.68 bits per heavy atom. The van der Waals surface area contributed by atoms with Gasteiger partial charge in [-0.15, -0.1) is 0 Å². The van der Waals surface area contributed by atoms with Crippen molar-refractivity contribution >= 4 is 28.2 Å². The predicted octanol–water partition coefficient (Wildman–Crippen LogP) is 5.80. The fraction of sp³-hybridized carbons (Fsp3) is 0.389. The number of aromatic amines is 1. The van der Waals surface area contributed by atoms with Crippen molar-refractivity contribution in [1.29, 1.82) is 0 Å². The van der Waals surface area contributed by atoms with Crippen LogP contribution in [0.25, 0.3) is 10.8 Å². The first-order valence-electron chi connectivity index (χ1n) is 15.8. The zero-order valence-corrected chi connectivity index (χ0v) is 25.7. The standard InChI is InChI=1S/C36H41N5O3/c1-22(2)30(42)16-9-23-17-19-41(20-18-23)36(44)27-14-12-25(13-15-27)31-33(26-10-7-24(8-11-26)21-37-3)38-29-6-4-5-28-32(29)34(31)39-40-35(28)43/h4-8,10-15,22-23,31,33,37-38H,9,16-21H2,1-3H3,(H,40,43). The Kier molecular flexibility index (Phi) is 8.62. The summed E-state index contributed by atoms with van der Waals surface area (Å²) >= 11 is 0. The lowest BCUT2D eigenvalue weighted by atomic mass is 9.79. The molecule has 1 fully saturated rings. The molecule has 4 aromatic rings. The van der Waals surface area contributed by atoms with Gasteiger partial charge >= 0.3 is 0 Å². The molecule has 6 rings (SSSR count). The topological polar surface area (TPSA) is 107 Å². The quantitative estimate of drug-likeness (QED) is 0.227. The Balaban J connectivity index is 1.25. The zero-order valence-electron chi connectivity index (χ0n) is 25.7. The molecule has 3 aromatic carbocycles. The number of likely N-dealkylation sites (tertiary alicyclic amines) is 1. The number of aromatic nitrogens is 2. The summed E-state index contributed by atoms with van der Waals surface area (Å²) in [6.45, 7) is 6.14. The number of H-pyrrole nitrogens is 1. The van der Waals surface area contributed by atoms with E-state index in [-0.39, 0.29) is 29.3 Å². The van der Waals surface area contributed by atoms with Crippen LogP contribution in [0, 0.1) is 11.8 Å². The average molecular weight is 592 g/mol. The maximum absolute atomic E-state index is 13.5. The summed E-state index contributed by atoms with van der Waals surface area (Å²) in [5.41, 5.74) is 5.49. The van der Waals surface area contributed by atoms with Crippen molar-refractivity contribution in [3.05, 3.63) is 105 Å². The molecule has 0 aliphatic carbocycles. The number of nitrogens with zero attached hydrogens (tertiary/aromatic N) is 2. The highest BCUT2D eigenvalue weighted by Crippen LogP contribution is 2.46. The number of hydrogen-bond acceptors (Lipinski definition) is 6. The van der Waals surface area contributed by atoms with Crippen LogP contribution in [-0.2, 0) is 11.3 Å². The zero-order chi connectivity index (χ0) is 30.8. The summed E-state index contributed by atoms with van der Waals surface area (Å²) in [5.74, 6) is 0.765. The van der Waals surface area contributed by atoms with Gasteiger partial charge in [0.15, 0.2) is 0 Å². The molecule has 2 atom stereocenters. The van der Waals surface area contributed by atoms with Crippen molar-refractivity contribution < 1.29 is 9.59 Å². The van der Waals surface area contributed by atoms with Crippen LogP contribution in [0.4, 0.5) is 5.69 Å². The second-order valence-electron chi connectivity index (χ2n) is 12.6. The minimum Gasteiger partial charge on any atom is -0.377 e. The molecule has 8 heteroatoms. The number of amides is 1. The van der Waals surface area contributed by atoms with Gasteiger partial charge in [0.25, 0.3) is 11.5 Å². The summed E-state index contributed by atoms with van der Waals surface area (Å²) in [7, 11) is 1.94. The Morgan fingerprint density at radius 3 is 2.36 bits per heavy atom. The lowest BCUT2D eigenvalue weighted by Gasteiger charge is -2.35. The third-order valence-electron chi connectivity index (χ3n) is 9.36. The van der Waals surface area contributed by atoms with E-state index in [2.05, 4.69) is 45.1 Å². The van der Waals surface area contributed by atoms with Crippen LogP contribution >= 0.6 is 0 Å². The number of Topliss-reactive ketones (excluding diaryl/α,β-unsaturated/α-hetero) is 1. The van der Waals surface area contributed by atoms with Gasteiger partial charge in [-0.05, 0) is 73.2 Å². The molecule has 0 spiro atoms. The van der Waals surface area contributed by atoms with Crippen LogP contribution in [0.1, 0.15) is 84.2 Å². The molecule has 0 radical (unpaired) electrons. The van der Waals surface area contributed by atoms with Crippen LogP contribution < -0.4 is 16.2 Å². The molecule has 1 amide bonds. The molecule has 44 heavy (non-hydrogen) atoms. The van der Waals surface area contributed by atoms with Crippen LogP contribution in [0.15, 0.2) is 71.5 Å². The van der Waals surface area contributed by atoms with Crippen molar-refractivity contribution in [2.75, 3.05) is 25.5 Å². The van der Waals surface area contributed by atoms with Gasteiger partial charge in [-0.25, -0.2) is 5.10 Å². The number of carbonyl (C=O) groups excluding carboxylic acids is 2. The number of rotatable bonds is 9. The van der Waals surface area contributed by atoms with Gasteiger partial charge in [0.2, 0.25) is 0 Å². The van der Waals surface area contributed by atoms with E-state index in [9.17, 15) is 14.4 Å². The van der Waals surface area contributed by atoms with E-state index in [1.807, 2.05) is 68.3 Å². The Morgan fingerprint density at radius 1 is 0.977 bits per heavy atom. The van der Waals surface area contributed by atoms with Gasteiger partial charge in [0.1, 0.15) is 5.78 Å². The minimum atomic E-state index is -0.211. The van der Waals surface area contributed by atoms with Gasteiger partial charge < -0.3 is 15.5 Å². The lowest BCUT2D eigenvalue weighted by molar-refractivity contribution is -0.122. The molecule has 3 heterocycles. The van der Waals surface area contributed by atoms with Crippen LogP contribution in [0.5, 0.6) is 0 Å². The second-order valence-corrected chi connectivity index (χ2v) is 12.6. The van der Waals surface area contributed by atoms with Crippen molar-refractivity contribution in [3.8, 4) is 0 Å². The van der Waals surface area contributed by atoms with Crippen LogP contribution in [0.2, 0.25) is 0 Å². The number of carbonyl (C=O) groups is 2. The van der Waals surface area contributed by atoms with E-state index in [0.29, 0.717) is 29.1 Å². The molecular formula is C36H41N5O3. The smallest absolute Gasteiger partial charge is 0.272 e. The van der Waals surface area contributed by atoms with E-state index in [1.165, 1.54) is 5.56 Å². The lowest BCUT2D eigenvalue weighted by Crippen LogP contribution is -2.38. The summed E-state index contributed by atoms with van der Waals surface area (Å²) in [5, 5.41) is 15.7. The van der Waals surface area contributed by atoms with E-state index < -0.39 is 0 Å². The van der Waals surface area contributed by atoms with E-state index in [1.54, 1.807) is 0 Å². The number of anilines is 1. The number of nitrogens with one attached hydrogen (secondary N) is 3. The summed E-state index contributed by atoms with van der Waals surface area (Å²) < 4.78 is 0. The summed E-state index contributed by atoms with van der Waals surface area (Å²) in [6, 6.07) is 22.1. The molecule has 8 nitrogen and oxygen atoms in total. The Labute approximate surface area is 258 Å². The van der Waals surface area contributed by atoms with Crippen molar-refractivity contribution in [2.45, 2.75) is 58.0 Å². The SMILES string of the molecule is CNCc1ccc(C2Nc3cccc4c(=O)[nH]nc(c34)C2c2ccc(C(=O)N3CCC(CCC(=O)C(C)C)CC3)cc2)cc1.